The van der Waals surface area contributed by atoms with Gasteiger partial charge in [0.15, 0.2) is 0 Å². The second-order valence-electron chi connectivity index (χ2n) is 3.61. The van der Waals surface area contributed by atoms with E-state index in [1.54, 1.807) is 0 Å². The fraction of sp³-hybridized carbons (Fsp3) is 0.455. The van der Waals surface area contributed by atoms with Crippen LogP contribution in [0.5, 0.6) is 5.75 Å². The molecule has 78 valence electrons. The molecule has 0 aliphatic rings. The summed E-state index contributed by atoms with van der Waals surface area (Å²) in [5, 5.41) is 9.89. The SMILES string of the molecule is CCc1cc(Br)cc(CC(C)N)c1O. The third-order valence-electron chi connectivity index (χ3n) is 2.16. The average molecular weight is 258 g/mol. The number of halogens is 1. The summed E-state index contributed by atoms with van der Waals surface area (Å²) in [6.07, 6.45) is 1.54. The maximum atomic E-state index is 9.89. The van der Waals surface area contributed by atoms with Gasteiger partial charge in [0.05, 0.1) is 0 Å². The highest BCUT2D eigenvalue weighted by molar-refractivity contribution is 9.10. The number of hydrogen-bond donors (Lipinski definition) is 2. The Morgan fingerprint density at radius 2 is 2.00 bits per heavy atom. The van der Waals surface area contributed by atoms with Gasteiger partial charge in [0.25, 0.3) is 0 Å². The Bertz CT molecular complexity index is 323. The van der Waals surface area contributed by atoms with Crippen LogP contribution in [0.4, 0.5) is 0 Å². The monoisotopic (exact) mass is 257 g/mol. The Balaban J connectivity index is 3.08. The summed E-state index contributed by atoms with van der Waals surface area (Å²) in [7, 11) is 0. The zero-order valence-electron chi connectivity index (χ0n) is 8.55. The lowest BCUT2D eigenvalue weighted by Crippen LogP contribution is -2.18. The van der Waals surface area contributed by atoms with E-state index in [4.69, 9.17) is 5.73 Å². The van der Waals surface area contributed by atoms with Crippen molar-refractivity contribution in [1.82, 2.24) is 0 Å². The first kappa shape index (κ1) is 11.5. The van der Waals surface area contributed by atoms with Crippen molar-refractivity contribution in [3.05, 3.63) is 27.7 Å². The number of nitrogens with two attached hydrogens (primary N) is 1. The van der Waals surface area contributed by atoms with Gasteiger partial charge >= 0.3 is 0 Å². The van der Waals surface area contributed by atoms with Gasteiger partial charge in [-0.05, 0) is 43.0 Å². The number of hydrogen-bond acceptors (Lipinski definition) is 2. The van der Waals surface area contributed by atoms with Gasteiger partial charge in [0.2, 0.25) is 0 Å². The van der Waals surface area contributed by atoms with Crippen LogP contribution in [0.15, 0.2) is 16.6 Å². The number of aryl methyl sites for hydroxylation is 1. The lowest BCUT2D eigenvalue weighted by molar-refractivity contribution is 0.459. The van der Waals surface area contributed by atoms with Crippen LogP contribution in [0, 0.1) is 0 Å². The summed E-state index contributed by atoms with van der Waals surface area (Å²) < 4.78 is 1.00. The number of phenolic OH excluding ortho intramolecular Hbond substituents is 1. The quantitative estimate of drug-likeness (QED) is 0.875. The van der Waals surface area contributed by atoms with E-state index in [0.717, 1.165) is 22.0 Å². The van der Waals surface area contributed by atoms with Gasteiger partial charge in [-0.1, -0.05) is 22.9 Å². The second-order valence-corrected chi connectivity index (χ2v) is 4.52. The summed E-state index contributed by atoms with van der Waals surface area (Å²) in [6.45, 7) is 3.96. The topological polar surface area (TPSA) is 46.2 Å². The van der Waals surface area contributed by atoms with Crippen LogP contribution < -0.4 is 5.73 Å². The van der Waals surface area contributed by atoms with Crippen LogP contribution in [0.2, 0.25) is 0 Å². The number of phenols is 1. The van der Waals surface area contributed by atoms with Gasteiger partial charge in [-0.15, -0.1) is 0 Å². The van der Waals surface area contributed by atoms with Gasteiger partial charge in [-0.3, -0.25) is 0 Å². The number of rotatable bonds is 3. The standard InChI is InChI=1S/C11H16BrNO/c1-3-8-5-10(12)6-9(11(8)14)4-7(2)13/h5-7,14H,3-4,13H2,1-2H3. The highest BCUT2D eigenvalue weighted by atomic mass is 79.9. The molecule has 3 N–H and O–H groups in total. The third-order valence-corrected chi connectivity index (χ3v) is 2.61. The Kier molecular flexibility index (Phi) is 3.96. The molecule has 1 aromatic carbocycles. The molecule has 0 aliphatic carbocycles. The van der Waals surface area contributed by atoms with Crippen LogP contribution in [-0.4, -0.2) is 11.1 Å². The van der Waals surface area contributed by atoms with Gasteiger partial charge < -0.3 is 10.8 Å². The zero-order chi connectivity index (χ0) is 10.7. The maximum Gasteiger partial charge on any atom is 0.122 e. The van der Waals surface area contributed by atoms with Crippen molar-refractivity contribution in [2.75, 3.05) is 0 Å². The van der Waals surface area contributed by atoms with Crippen LogP contribution in [0.25, 0.3) is 0 Å². The minimum Gasteiger partial charge on any atom is -0.507 e. The zero-order valence-corrected chi connectivity index (χ0v) is 10.1. The molecule has 0 saturated carbocycles. The third kappa shape index (κ3) is 2.72. The minimum atomic E-state index is 0.0694. The van der Waals surface area contributed by atoms with Crippen molar-refractivity contribution in [3.8, 4) is 5.75 Å². The van der Waals surface area contributed by atoms with Crippen LogP contribution in [0.3, 0.4) is 0 Å². The van der Waals surface area contributed by atoms with E-state index in [9.17, 15) is 5.11 Å². The van der Waals surface area contributed by atoms with Crippen molar-refractivity contribution >= 4 is 15.9 Å². The largest absolute Gasteiger partial charge is 0.507 e. The molecular weight excluding hydrogens is 242 g/mol. The average Bonchev–Trinajstić information content (AvgIpc) is 2.09. The molecule has 0 fully saturated rings. The van der Waals surface area contributed by atoms with E-state index in [-0.39, 0.29) is 6.04 Å². The van der Waals surface area contributed by atoms with Crippen LogP contribution in [-0.2, 0) is 12.8 Å². The predicted molar refractivity (Wildman–Crippen MR) is 62.5 cm³/mol. The van der Waals surface area contributed by atoms with Gasteiger partial charge in [0.1, 0.15) is 5.75 Å². The van der Waals surface area contributed by atoms with Crippen molar-refractivity contribution < 1.29 is 5.11 Å². The number of aromatic hydroxyl groups is 1. The predicted octanol–water partition coefficient (Wildman–Crippen LogP) is 2.61. The molecule has 0 saturated heterocycles. The molecule has 0 amide bonds. The summed E-state index contributed by atoms with van der Waals surface area (Å²) in [4.78, 5) is 0. The molecule has 1 unspecified atom stereocenters. The van der Waals surface area contributed by atoms with Crippen molar-refractivity contribution in [3.63, 3.8) is 0 Å². The van der Waals surface area contributed by atoms with Crippen LogP contribution >= 0.6 is 15.9 Å². The summed E-state index contributed by atoms with van der Waals surface area (Å²) >= 11 is 3.43. The Morgan fingerprint density at radius 3 is 2.50 bits per heavy atom. The molecule has 14 heavy (non-hydrogen) atoms. The van der Waals surface area contributed by atoms with Gasteiger partial charge in [-0.2, -0.15) is 0 Å². The molecular formula is C11H16BrNO. The Labute approximate surface area is 93.3 Å². The highest BCUT2D eigenvalue weighted by Gasteiger charge is 2.09. The highest BCUT2D eigenvalue weighted by Crippen LogP contribution is 2.28. The normalized spacial score (nSPS) is 12.9. The first-order valence-corrected chi connectivity index (χ1v) is 5.59. The van der Waals surface area contributed by atoms with E-state index >= 15 is 0 Å². The molecule has 0 aliphatic heterocycles. The molecule has 1 rings (SSSR count). The molecule has 0 spiro atoms. The van der Waals surface area contributed by atoms with Crippen molar-refractivity contribution in [2.24, 2.45) is 5.73 Å². The van der Waals surface area contributed by atoms with E-state index in [2.05, 4.69) is 15.9 Å². The smallest absolute Gasteiger partial charge is 0.122 e. The summed E-state index contributed by atoms with van der Waals surface area (Å²) in [5.74, 6) is 0.396. The maximum absolute atomic E-state index is 9.89. The lowest BCUT2D eigenvalue weighted by atomic mass is 10.0. The molecule has 0 heterocycles. The molecule has 0 bridgehead atoms. The molecule has 1 aromatic rings. The van der Waals surface area contributed by atoms with E-state index in [1.165, 1.54) is 0 Å². The van der Waals surface area contributed by atoms with Crippen molar-refractivity contribution in [1.29, 1.82) is 0 Å². The first-order chi connectivity index (χ1) is 6.54. The fourth-order valence-corrected chi connectivity index (χ4v) is 2.04. The Morgan fingerprint density at radius 1 is 1.43 bits per heavy atom. The molecule has 0 radical (unpaired) electrons. The number of benzene rings is 1. The van der Waals surface area contributed by atoms with Crippen LogP contribution in [0.1, 0.15) is 25.0 Å². The second kappa shape index (κ2) is 4.80. The lowest BCUT2D eigenvalue weighted by Gasteiger charge is -2.11. The van der Waals surface area contributed by atoms with Gasteiger partial charge in [-0.25, -0.2) is 0 Å². The van der Waals surface area contributed by atoms with E-state index < -0.39 is 0 Å². The minimum absolute atomic E-state index is 0.0694. The van der Waals surface area contributed by atoms with E-state index in [1.807, 2.05) is 26.0 Å². The molecule has 0 aromatic heterocycles. The Hall–Kier alpha value is -0.540. The molecule has 3 heteroatoms. The fourth-order valence-electron chi connectivity index (χ4n) is 1.49. The molecule has 1 atom stereocenters. The first-order valence-electron chi connectivity index (χ1n) is 4.80. The van der Waals surface area contributed by atoms with Gasteiger partial charge in [0, 0.05) is 10.5 Å². The van der Waals surface area contributed by atoms with E-state index in [0.29, 0.717) is 12.2 Å². The van der Waals surface area contributed by atoms with Crippen molar-refractivity contribution in [2.45, 2.75) is 32.7 Å². The summed E-state index contributed by atoms with van der Waals surface area (Å²) in [6, 6.07) is 3.94. The summed E-state index contributed by atoms with van der Waals surface area (Å²) in [5.41, 5.74) is 7.60. The molecule has 2 nitrogen and oxygen atoms in total.